The average Bonchev–Trinajstić information content (AvgIpc) is 3.26. The number of amides is 2. The number of nitrogens with one attached hydrogen (secondary N) is 2. The lowest BCUT2D eigenvalue weighted by atomic mass is 10.00. The van der Waals surface area contributed by atoms with Crippen molar-refractivity contribution in [3.63, 3.8) is 0 Å². The Morgan fingerprint density at radius 2 is 2.09 bits per heavy atom. The molecular weight excluding hydrogens is 297 g/mol. The van der Waals surface area contributed by atoms with Gasteiger partial charge in [0.2, 0.25) is 0 Å². The fourth-order valence-electron chi connectivity index (χ4n) is 2.24. The van der Waals surface area contributed by atoms with Gasteiger partial charge < -0.3 is 15.7 Å². The molecule has 2 amide bonds. The Hall–Kier alpha value is -1.76. The summed E-state index contributed by atoms with van der Waals surface area (Å²) >= 11 is 0. The topological polar surface area (TPSA) is 61.4 Å². The molecule has 0 spiro atoms. The third-order valence-electron chi connectivity index (χ3n) is 3.51. The molecule has 0 saturated heterocycles. The normalized spacial score (nSPS) is 17.7. The Bertz CT molecular complexity index is 528. The SMILES string of the molecule is C[C@@H](O)CNC(=O)N[C@H](c1cccc(C(F)(F)F)c1)C1CC1. The highest BCUT2D eigenvalue weighted by Gasteiger charge is 2.36. The number of urea groups is 1. The van der Waals surface area contributed by atoms with Gasteiger partial charge in [0.25, 0.3) is 0 Å². The van der Waals surface area contributed by atoms with E-state index in [0.717, 1.165) is 25.0 Å². The summed E-state index contributed by atoms with van der Waals surface area (Å²) in [6.45, 7) is 1.62. The number of halogens is 3. The Morgan fingerprint density at radius 3 is 2.64 bits per heavy atom. The zero-order chi connectivity index (χ0) is 16.3. The molecule has 1 aromatic rings. The van der Waals surface area contributed by atoms with E-state index in [1.165, 1.54) is 13.0 Å². The maximum absolute atomic E-state index is 12.8. The summed E-state index contributed by atoms with van der Waals surface area (Å²) in [6, 6.07) is 4.10. The predicted molar refractivity (Wildman–Crippen MR) is 75.1 cm³/mol. The van der Waals surface area contributed by atoms with Crippen molar-refractivity contribution in [1.82, 2.24) is 10.6 Å². The summed E-state index contributed by atoms with van der Waals surface area (Å²) < 4.78 is 38.4. The molecule has 0 aromatic heterocycles. The molecule has 0 bridgehead atoms. The largest absolute Gasteiger partial charge is 0.416 e. The minimum Gasteiger partial charge on any atom is -0.392 e. The third-order valence-corrected chi connectivity index (χ3v) is 3.51. The van der Waals surface area contributed by atoms with Crippen LogP contribution in [0.3, 0.4) is 0 Å². The number of hydrogen-bond acceptors (Lipinski definition) is 2. The smallest absolute Gasteiger partial charge is 0.392 e. The van der Waals surface area contributed by atoms with Gasteiger partial charge in [0.05, 0.1) is 17.7 Å². The van der Waals surface area contributed by atoms with Gasteiger partial charge in [-0.2, -0.15) is 13.2 Å². The highest BCUT2D eigenvalue weighted by atomic mass is 19.4. The van der Waals surface area contributed by atoms with Crippen LogP contribution in [0.5, 0.6) is 0 Å². The molecular formula is C15H19F3N2O2. The van der Waals surface area contributed by atoms with Gasteiger partial charge in [0.15, 0.2) is 0 Å². The number of aliphatic hydroxyl groups excluding tert-OH is 1. The molecule has 1 aliphatic rings. The first-order valence-corrected chi connectivity index (χ1v) is 7.17. The van der Waals surface area contributed by atoms with Crippen LogP contribution < -0.4 is 10.6 Å². The van der Waals surface area contributed by atoms with E-state index in [1.54, 1.807) is 6.07 Å². The average molecular weight is 316 g/mol. The lowest BCUT2D eigenvalue weighted by Gasteiger charge is -2.20. The summed E-state index contributed by atoms with van der Waals surface area (Å²) in [6.07, 6.45) is -3.34. The van der Waals surface area contributed by atoms with Crippen molar-refractivity contribution >= 4 is 6.03 Å². The fraction of sp³-hybridized carbons (Fsp3) is 0.533. The van der Waals surface area contributed by atoms with Gasteiger partial charge >= 0.3 is 12.2 Å². The van der Waals surface area contributed by atoms with Gasteiger partial charge in [-0.3, -0.25) is 0 Å². The second kappa shape index (κ2) is 6.56. The lowest BCUT2D eigenvalue weighted by molar-refractivity contribution is -0.137. The Kier molecular flexibility index (Phi) is 4.95. The van der Waals surface area contributed by atoms with E-state index in [1.807, 2.05) is 0 Å². The second-order valence-corrected chi connectivity index (χ2v) is 5.64. The van der Waals surface area contributed by atoms with Gasteiger partial charge in [-0.25, -0.2) is 4.79 Å². The Morgan fingerprint density at radius 1 is 1.41 bits per heavy atom. The van der Waals surface area contributed by atoms with Crippen LogP contribution in [0.1, 0.15) is 36.9 Å². The molecule has 0 radical (unpaired) electrons. The molecule has 0 unspecified atom stereocenters. The molecule has 122 valence electrons. The summed E-state index contributed by atoms with van der Waals surface area (Å²) in [5.41, 5.74) is -0.272. The van der Waals surface area contributed by atoms with Crippen LogP contribution in [0.2, 0.25) is 0 Å². The van der Waals surface area contributed by atoms with Crippen molar-refractivity contribution in [2.75, 3.05) is 6.54 Å². The molecule has 1 aliphatic carbocycles. The zero-order valence-corrected chi connectivity index (χ0v) is 12.2. The van der Waals surface area contributed by atoms with Gasteiger partial charge in [0, 0.05) is 6.54 Å². The zero-order valence-electron chi connectivity index (χ0n) is 12.2. The summed E-state index contributed by atoms with van der Waals surface area (Å²) in [5.74, 6) is 0.154. The molecule has 2 atom stereocenters. The van der Waals surface area contributed by atoms with Crippen LogP contribution in [0.15, 0.2) is 24.3 Å². The van der Waals surface area contributed by atoms with E-state index < -0.39 is 29.9 Å². The first-order chi connectivity index (χ1) is 10.3. The quantitative estimate of drug-likeness (QED) is 0.782. The van der Waals surface area contributed by atoms with Gasteiger partial charge in [0.1, 0.15) is 0 Å². The van der Waals surface area contributed by atoms with Crippen molar-refractivity contribution < 1.29 is 23.1 Å². The summed E-state index contributed by atoms with van der Waals surface area (Å²) in [5, 5.41) is 14.3. The number of benzene rings is 1. The summed E-state index contributed by atoms with van der Waals surface area (Å²) in [7, 11) is 0. The highest BCUT2D eigenvalue weighted by Crippen LogP contribution is 2.42. The van der Waals surface area contributed by atoms with E-state index in [9.17, 15) is 18.0 Å². The van der Waals surface area contributed by atoms with Gasteiger partial charge in [-0.15, -0.1) is 0 Å². The first kappa shape index (κ1) is 16.6. The predicted octanol–water partition coefficient (Wildman–Crippen LogP) is 2.84. The molecule has 2 rings (SSSR count). The molecule has 22 heavy (non-hydrogen) atoms. The Labute approximate surface area is 126 Å². The minimum atomic E-state index is -4.40. The van der Waals surface area contributed by atoms with Crippen LogP contribution in [0.25, 0.3) is 0 Å². The van der Waals surface area contributed by atoms with Crippen LogP contribution >= 0.6 is 0 Å². The van der Waals surface area contributed by atoms with Crippen molar-refractivity contribution in [2.45, 2.75) is 38.1 Å². The maximum atomic E-state index is 12.8. The van der Waals surface area contributed by atoms with Crippen LogP contribution in [-0.2, 0) is 6.18 Å². The standard InChI is InChI=1S/C15H19F3N2O2/c1-9(21)8-19-14(22)20-13(10-5-6-10)11-3-2-4-12(7-11)15(16,17)18/h2-4,7,9-10,13,21H,5-6,8H2,1H3,(H2,19,20,22)/t9-,13+/m1/s1. The molecule has 4 nitrogen and oxygen atoms in total. The van der Waals surface area contributed by atoms with E-state index in [-0.39, 0.29) is 12.5 Å². The number of alkyl halides is 3. The third kappa shape index (κ3) is 4.62. The van der Waals surface area contributed by atoms with Gasteiger partial charge in [-0.1, -0.05) is 12.1 Å². The van der Waals surface area contributed by atoms with E-state index in [2.05, 4.69) is 10.6 Å². The molecule has 0 heterocycles. The molecule has 0 aliphatic heterocycles. The highest BCUT2D eigenvalue weighted by molar-refractivity contribution is 5.74. The number of aliphatic hydroxyl groups is 1. The van der Waals surface area contributed by atoms with Crippen LogP contribution in [0.4, 0.5) is 18.0 Å². The second-order valence-electron chi connectivity index (χ2n) is 5.64. The van der Waals surface area contributed by atoms with Crippen molar-refractivity contribution in [3.8, 4) is 0 Å². The van der Waals surface area contributed by atoms with Gasteiger partial charge in [-0.05, 0) is 43.4 Å². The monoisotopic (exact) mass is 316 g/mol. The molecule has 3 N–H and O–H groups in total. The van der Waals surface area contributed by atoms with E-state index in [4.69, 9.17) is 5.11 Å². The van der Waals surface area contributed by atoms with Crippen LogP contribution in [0, 0.1) is 5.92 Å². The molecule has 7 heteroatoms. The number of carbonyl (C=O) groups excluding carboxylic acids is 1. The van der Waals surface area contributed by atoms with E-state index >= 15 is 0 Å². The molecule has 1 fully saturated rings. The van der Waals surface area contributed by atoms with Crippen molar-refractivity contribution in [2.24, 2.45) is 5.92 Å². The lowest BCUT2D eigenvalue weighted by Crippen LogP contribution is -2.41. The fourth-order valence-corrected chi connectivity index (χ4v) is 2.24. The minimum absolute atomic E-state index is 0.0891. The van der Waals surface area contributed by atoms with Crippen LogP contribution in [-0.4, -0.2) is 23.8 Å². The number of rotatable bonds is 5. The summed E-state index contributed by atoms with van der Waals surface area (Å²) in [4.78, 5) is 11.8. The molecule has 1 saturated carbocycles. The maximum Gasteiger partial charge on any atom is 0.416 e. The number of hydrogen-bond donors (Lipinski definition) is 3. The number of carbonyl (C=O) groups is 1. The first-order valence-electron chi connectivity index (χ1n) is 7.17. The van der Waals surface area contributed by atoms with Crippen molar-refractivity contribution in [1.29, 1.82) is 0 Å². The Balaban J connectivity index is 2.10. The van der Waals surface area contributed by atoms with E-state index in [0.29, 0.717) is 5.56 Å². The van der Waals surface area contributed by atoms with Crippen molar-refractivity contribution in [3.05, 3.63) is 35.4 Å². The molecule has 1 aromatic carbocycles.